The average molecular weight is 381 g/mol. The van der Waals surface area contributed by atoms with Gasteiger partial charge in [0, 0.05) is 0 Å². The number of benzene rings is 2. The second-order valence-corrected chi connectivity index (χ2v) is 5.14. The van der Waals surface area contributed by atoms with Crippen LogP contribution >= 0.6 is 0 Å². The van der Waals surface area contributed by atoms with Crippen LogP contribution in [-0.4, -0.2) is 30.3 Å². The van der Waals surface area contributed by atoms with Crippen LogP contribution in [0.5, 0.6) is 5.75 Å². The quantitative estimate of drug-likeness (QED) is 0.421. The Morgan fingerprint density at radius 1 is 1.11 bits per heavy atom. The van der Waals surface area contributed by atoms with Gasteiger partial charge in [-0.3, -0.25) is 14.8 Å². The number of hydrogen-bond donors (Lipinski definition) is 3. The standard InChI is InChI=1S/C17H14F3N3O4/c1-27-14-8-10(6-7-12(14)16(25)23-26)9-21-22-15(24)11-4-2-3-5-13(11)17(18,19)20/h2-9,26H,1H3,(H,22,24)(H,23,25). The van der Waals surface area contributed by atoms with Crippen LogP contribution < -0.4 is 15.6 Å². The van der Waals surface area contributed by atoms with Crippen molar-refractivity contribution in [2.45, 2.75) is 6.18 Å². The van der Waals surface area contributed by atoms with Crippen LogP contribution in [0.15, 0.2) is 47.6 Å². The molecule has 7 nitrogen and oxygen atoms in total. The van der Waals surface area contributed by atoms with Gasteiger partial charge in [0.25, 0.3) is 11.8 Å². The van der Waals surface area contributed by atoms with Crippen LogP contribution in [0, 0.1) is 0 Å². The molecule has 0 aliphatic rings. The summed E-state index contributed by atoms with van der Waals surface area (Å²) >= 11 is 0. The topological polar surface area (TPSA) is 100 Å². The number of rotatable bonds is 5. The predicted octanol–water partition coefficient (Wildman–Crippen LogP) is 2.60. The maximum Gasteiger partial charge on any atom is 0.417 e. The Morgan fingerprint density at radius 3 is 2.44 bits per heavy atom. The highest BCUT2D eigenvalue weighted by atomic mass is 19.4. The van der Waals surface area contributed by atoms with Crippen LogP contribution in [0.2, 0.25) is 0 Å². The third-order valence-corrected chi connectivity index (χ3v) is 3.43. The first-order valence-electron chi connectivity index (χ1n) is 7.40. The summed E-state index contributed by atoms with van der Waals surface area (Å²) in [5, 5.41) is 12.3. The zero-order valence-corrected chi connectivity index (χ0v) is 13.9. The first kappa shape index (κ1) is 19.9. The third-order valence-electron chi connectivity index (χ3n) is 3.43. The lowest BCUT2D eigenvalue weighted by Gasteiger charge is -2.11. The number of amides is 2. The van der Waals surface area contributed by atoms with E-state index < -0.39 is 29.1 Å². The van der Waals surface area contributed by atoms with E-state index in [0.717, 1.165) is 18.3 Å². The minimum absolute atomic E-state index is 0.0558. The zero-order valence-electron chi connectivity index (χ0n) is 13.9. The number of halogens is 3. The second kappa shape index (κ2) is 8.32. The molecule has 0 spiro atoms. The summed E-state index contributed by atoms with van der Waals surface area (Å²) in [6, 6.07) is 8.50. The Kier molecular flexibility index (Phi) is 6.14. The lowest BCUT2D eigenvalue weighted by Crippen LogP contribution is -2.22. The number of nitrogens with one attached hydrogen (secondary N) is 2. The molecule has 10 heteroatoms. The molecule has 2 amide bonds. The molecule has 0 bridgehead atoms. The van der Waals surface area contributed by atoms with Gasteiger partial charge < -0.3 is 4.74 Å². The van der Waals surface area contributed by atoms with E-state index in [-0.39, 0.29) is 11.3 Å². The monoisotopic (exact) mass is 381 g/mol. The highest BCUT2D eigenvalue weighted by Crippen LogP contribution is 2.31. The van der Waals surface area contributed by atoms with E-state index in [9.17, 15) is 22.8 Å². The minimum Gasteiger partial charge on any atom is -0.496 e. The molecular formula is C17H14F3N3O4. The molecule has 0 aliphatic heterocycles. The van der Waals surface area contributed by atoms with Gasteiger partial charge in [0.15, 0.2) is 0 Å². The normalized spacial score (nSPS) is 11.3. The molecule has 2 rings (SSSR count). The SMILES string of the molecule is COc1cc(C=NNC(=O)c2ccccc2C(F)(F)F)ccc1C(=O)NO. The number of carbonyl (C=O) groups is 2. The Hall–Kier alpha value is -3.40. The second-order valence-electron chi connectivity index (χ2n) is 5.14. The number of ether oxygens (including phenoxy) is 1. The summed E-state index contributed by atoms with van der Waals surface area (Å²) in [4.78, 5) is 23.4. The Labute approximate surface area is 151 Å². The van der Waals surface area contributed by atoms with Crippen molar-refractivity contribution in [3.05, 3.63) is 64.7 Å². The Balaban J connectivity index is 2.17. The van der Waals surface area contributed by atoms with Gasteiger partial charge >= 0.3 is 6.18 Å². The van der Waals surface area contributed by atoms with Gasteiger partial charge in [0.1, 0.15) is 5.75 Å². The van der Waals surface area contributed by atoms with Crippen molar-refractivity contribution in [3.63, 3.8) is 0 Å². The van der Waals surface area contributed by atoms with E-state index in [1.165, 1.54) is 42.9 Å². The van der Waals surface area contributed by atoms with Crippen LogP contribution in [0.4, 0.5) is 13.2 Å². The first-order chi connectivity index (χ1) is 12.8. The van der Waals surface area contributed by atoms with Crippen LogP contribution in [-0.2, 0) is 6.18 Å². The van der Waals surface area contributed by atoms with Gasteiger partial charge in [-0.15, -0.1) is 0 Å². The van der Waals surface area contributed by atoms with Gasteiger partial charge in [0.2, 0.25) is 0 Å². The van der Waals surface area contributed by atoms with Crippen molar-refractivity contribution < 1.29 is 32.7 Å². The highest BCUT2D eigenvalue weighted by Gasteiger charge is 2.34. The maximum atomic E-state index is 12.9. The fourth-order valence-corrected chi connectivity index (χ4v) is 2.19. The molecule has 0 saturated heterocycles. The van der Waals surface area contributed by atoms with Gasteiger partial charge in [-0.25, -0.2) is 10.9 Å². The summed E-state index contributed by atoms with van der Waals surface area (Å²) in [6.07, 6.45) is -3.51. The van der Waals surface area contributed by atoms with E-state index in [1.54, 1.807) is 0 Å². The van der Waals surface area contributed by atoms with Gasteiger partial charge in [-0.1, -0.05) is 18.2 Å². The van der Waals surface area contributed by atoms with E-state index in [4.69, 9.17) is 9.94 Å². The smallest absolute Gasteiger partial charge is 0.417 e. The number of hydrazone groups is 1. The molecule has 0 radical (unpaired) electrons. The number of nitrogens with zero attached hydrogens (tertiary/aromatic N) is 1. The van der Waals surface area contributed by atoms with E-state index in [0.29, 0.717) is 5.56 Å². The summed E-state index contributed by atoms with van der Waals surface area (Å²) in [5.41, 5.74) is 2.30. The van der Waals surface area contributed by atoms with Crippen molar-refractivity contribution >= 4 is 18.0 Å². The molecule has 3 N–H and O–H groups in total. The highest BCUT2D eigenvalue weighted by molar-refractivity contribution is 5.98. The van der Waals surface area contributed by atoms with E-state index in [1.807, 2.05) is 5.43 Å². The van der Waals surface area contributed by atoms with Gasteiger partial charge in [-0.2, -0.15) is 18.3 Å². The first-order valence-corrected chi connectivity index (χ1v) is 7.40. The molecule has 27 heavy (non-hydrogen) atoms. The lowest BCUT2D eigenvalue weighted by atomic mass is 10.1. The summed E-state index contributed by atoms with van der Waals surface area (Å²) in [5.74, 6) is -1.69. The summed E-state index contributed by atoms with van der Waals surface area (Å²) in [7, 11) is 1.31. The van der Waals surface area contributed by atoms with Gasteiger partial charge in [0.05, 0.1) is 30.0 Å². The molecule has 2 aromatic rings. The maximum absolute atomic E-state index is 12.9. The van der Waals surface area contributed by atoms with Crippen LogP contribution in [0.1, 0.15) is 31.8 Å². The lowest BCUT2D eigenvalue weighted by molar-refractivity contribution is -0.137. The van der Waals surface area contributed by atoms with E-state index in [2.05, 4.69) is 5.10 Å². The largest absolute Gasteiger partial charge is 0.496 e. The zero-order chi connectivity index (χ0) is 20.0. The van der Waals surface area contributed by atoms with Crippen molar-refractivity contribution in [3.8, 4) is 5.75 Å². The van der Waals surface area contributed by atoms with E-state index >= 15 is 0 Å². The number of methoxy groups -OCH3 is 1. The van der Waals surface area contributed by atoms with Crippen molar-refractivity contribution in [2.75, 3.05) is 7.11 Å². The fraction of sp³-hybridized carbons (Fsp3) is 0.118. The predicted molar refractivity (Wildman–Crippen MR) is 88.8 cm³/mol. The average Bonchev–Trinajstić information content (AvgIpc) is 2.66. The molecule has 0 aliphatic carbocycles. The molecular weight excluding hydrogens is 367 g/mol. The number of hydrogen-bond acceptors (Lipinski definition) is 5. The van der Waals surface area contributed by atoms with Crippen molar-refractivity contribution in [2.24, 2.45) is 5.10 Å². The molecule has 0 fully saturated rings. The molecule has 0 saturated carbocycles. The summed E-state index contributed by atoms with van der Waals surface area (Å²) < 4.78 is 43.8. The number of alkyl halides is 3. The molecule has 0 atom stereocenters. The molecule has 0 heterocycles. The molecule has 0 aromatic heterocycles. The fourth-order valence-electron chi connectivity index (χ4n) is 2.19. The molecule has 2 aromatic carbocycles. The number of carbonyl (C=O) groups excluding carboxylic acids is 2. The van der Waals surface area contributed by atoms with Crippen molar-refractivity contribution in [1.82, 2.24) is 10.9 Å². The minimum atomic E-state index is -4.67. The summed E-state index contributed by atoms with van der Waals surface area (Å²) in [6.45, 7) is 0. The van der Waals surface area contributed by atoms with Crippen LogP contribution in [0.3, 0.4) is 0 Å². The van der Waals surface area contributed by atoms with Gasteiger partial charge in [-0.05, 0) is 29.8 Å². The van der Waals surface area contributed by atoms with Crippen molar-refractivity contribution in [1.29, 1.82) is 0 Å². The Bertz CT molecular complexity index is 882. The molecule has 0 unspecified atom stereocenters. The van der Waals surface area contributed by atoms with Crippen LogP contribution in [0.25, 0.3) is 0 Å². The Morgan fingerprint density at radius 2 is 1.81 bits per heavy atom. The third kappa shape index (κ3) is 4.82. The number of hydroxylamine groups is 1. The molecule has 142 valence electrons.